The largest absolute Gasteiger partial charge is 0.503 e. The van der Waals surface area contributed by atoms with Gasteiger partial charge in [0, 0.05) is 0 Å². The van der Waals surface area contributed by atoms with Crippen molar-refractivity contribution in [1.29, 1.82) is 0 Å². The number of carbonyl (C=O) groups is 2. The highest BCUT2D eigenvalue weighted by Gasteiger charge is 2.19. The Hall–Kier alpha value is -2.66. The van der Waals surface area contributed by atoms with Gasteiger partial charge in [-0.25, -0.2) is 31.3 Å². The van der Waals surface area contributed by atoms with Crippen molar-refractivity contribution in [2.45, 2.75) is 0 Å². The molecular weight excluding hydrogens is 232 g/mol. The summed E-state index contributed by atoms with van der Waals surface area (Å²) in [6.45, 7) is 0. The molecule has 1 aromatic rings. The molecule has 1 aromatic heterocycles. The van der Waals surface area contributed by atoms with Gasteiger partial charge in [-0.05, 0) is 0 Å². The van der Waals surface area contributed by atoms with Crippen molar-refractivity contribution >= 4 is 23.8 Å². The third kappa shape index (κ3) is 2.47. The molecule has 0 bridgehead atoms. The molecular formula is C6H10N8O3. The molecule has 1 rings (SSSR count). The van der Waals surface area contributed by atoms with Gasteiger partial charge in [0.05, 0.1) is 6.20 Å². The molecule has 1 heterocycles. The summed E-state index contributed by atoms with van der Waals surface area (Å²) < 4.78 is 0. The standard InChI is InChI=1S/C6H10N8O3/c7-4(16)13(9)3-2(15)1-11-6(12-3)14(10)5(8)17/h1,15H,9-10H2,(H2,7,16)(H2,8,17). The fourth-order valence-electron chi connectivity index (χ4n) is 0.854. The van der Waals surface area contributed by atoms with Crippen molar-refractivity contribution in [3.05, 3.63) is 6.20 Å². The third-order valence-corrected chi connectivity index (χ3v) is 1.66. The predicted molar refractivity (Wildman–Crippen MR) is 56.2 cm³/mol. The molecule has 0 aromatic carbocycles. The molecule has 92 valence electrons. The summed E-state index contributed by atoms with van der Waals surface area (Å²) in [7, 11) is 0. The zero-order chi connectivity index (χ0) is 13.2. The minimum absolute atomic E-state index is 0.356. The van der Waals surface area contributed by atoms with Crippen molar-refractivity contribution in [3.8, 4) is 5.75 Å². The van der Waals surface area contributed by atoms with Crippen molar-refractivity contribution in [3.63, 3.8) is 0 Å². The van der Waals surface area contributed by atoms with Crippen LogP contribution in [0.4, 0.5) is 21.4 Å². The van der Waals surface area contributed by atoms with E-state index >= 15 is 0 Å². The summed E-state index contributed by atoms with van der Waals surface area (Å²) in [6, 6.07) is -2.11. The molecule has 0 saturated carbocycles. The number of amides is 4. The molecule has 11 nitrogen and oxygen atoms in total. The van der Waals surface area contributed by atoms with Crippen LogP contribution in [0.3, 0.4) is 0 Å². The number of primary amides is 2. The summed E-state index contributed by atoms with van der Waals surface area (Å²) in [5.74, 6) is 9.13. The van der Waals surface area contributed by atoms with E-state index < -0.39 is 23.6 Å². The van der Waals surface area contributed by atoms with E-state index in [1.165, 1.54) is 0 Å². The second kappa shape index (κ2) is 4.46. The maximum atomic E-state index is 10.8. The van der Waals surface area contributed by atoms with Gasteiger partial charge in [-0.1, -0.05) is 0 Å². The van der Waals surface area contributed by atoms with Gasteiger partial charge in [0.15, 0.2) is 11.6 Å². The van der Waals surface area contributed by atoms with E-state index in [9.17, 15) is 14.7 Å². The minimum Gasteiger partial charge on any atom is -0.503 e. The van der Waals surface area contributed by atoms with Crippen LogP contribution < -0.4 is 33.2 Å². The average Bonchev–Trinajstić information content (AvgIpc) is 2.27. The van der Waals surface area contributed by atoms with E-state index in [0.29, 0.717) is 10.0 Å². The molecule has 0 aliphatic heterocycles. The topological polar surface area (TPSA) is 191 Å². The first kappa shape index (κ1) is 12.4. The highest BCUT2D eigenvalue weighted by Crippen LogP contribution is 2.23. The first-order chi connectivity index (χ1) is 7.84. The molecule has 0 radical (unpaired) electrons. The normalized spacial score (nSPS) is 9.76. The van der Waals surface area contributed by atoms with Crippen LogP contribution in [0, 0.1) is 0 Å². The van der Waals surface area contributed by atoms with Crippen LogP contribution in [0.2, 0.25) is 0 Å². The lowest BCUT2D eigenvalue weighted by Gasteiger charge is -2.16. The monoisotopic (exact) mass is 242 g/mol. The highest BCUT2D eigenvalue weighted by atomic mass is 16.3. The Labute approximate surface area is 94.5 Å². The number of hydrazine groups is 2. The van der Waals surface area contributed by atoms with E-state index in [-0.39, 0.29) is 5.95 Å². The van der Waals surface area contributed by atoms with Crippen molar-refractivity contribution < 1.29 is 14.7 Å². The number of hydrogen-bond donors (Lipinski definition) is 5. The van der Waals surface area contributed by atoms with Gasteiger partial charge in [0.25, 0.3) is 5.95 Å². The van der Waals surface area contributed by atoms with Crippen LogP contribution in [-0.4, -0.2) is 27.1 Å². The molecule has 9 N–H and O–H groups in total. The van der Waals surface area contributed by atoms with Crippen molar-refractivity contribution in [1.82, 2.24) is 9.97 Å². The quantitative estimate of drug-likeness (QED) is 0.218. The number of anilines is 2. The number of hydrogen-bond acceptors (Lipinski definition) is 7. The maximum absolute atomic E-state index is 10.8. The van der Waals surface area contributed by atoms with Crippen LogP contribution in [0.1, 0.15) is 0 Å². The Balaban J connectivity index is 3.19. The number of aromatic hydroxyl groups is 1. The second-order valence-electron chi connectivity index (χ2n) is 2.80. The van der Waals surface area contributed by atoms with Gasteiger partial charge < -0.3 is 16.6 Å². The van der Waals surface area contributed by atoms with E-state index in [2.05, 4.69) is 9.97 Å². The van der Waals surface area contributed by atoms with E-state index in [1.54, 1.807) is 0 Å². The highest BCUT2D eigenvalue weighted by molar-refractivity contribution is 5.91. The van der Waals surface area contributed by atoms with E-state index in [0.717, 1.165) is 6.20 Å². The Kier molecular flexibility index (Phi) is 3.26. The SMILES string of the molecule is NC(=O)N(N)c1ncc(O)c(N(N)C(N)=O)n1. The summed E-state index contributed by atoms with van der Waals surface area (Å²) in [5, 5.41) is 10.1. The molecule has 0 aliphatic rings. The number of nitrogens with two attached hydrogens (primary N) is 4. The fourth-order valence-corrected chi connectivity index (χ4v) is 0.854. The molecule has 0 atom stereocenters. The van der Waals surface area contributed by atoms with Gasteiger partial charge in [-0.15, -0.1) is 0 Å². The Morgan fingerprint density at radius 3 is 2.18 bits per heavy atom. The number of rotatable bonds is 2. The van der Waals surface area contributed by atoms with Gasteiger partial charge in [0.2, 0.25) is 0 Å². The first-order valence-corrected chi connectivity index (χ1v) is 4.09. The molecule has 0 unspecified atom stereocenters. The fraction of sp³-hybridized carbons (Fsp3) is 0. The average molecular weight is 242 g/mol. The maximum Gasteiger partial charge on any atom is 0.336 e. The van der Waals surface area contributed by atoms with Crippen LogP contribution in [0.25, 0.3) is 0 Å². The summed E-state index contributed by atoms with van der Waals surface area (Å²) >= 11 is 0. The number of aromatic nitrogens is 2. The number of urea groups is 2. The lowest BCUT2D eigenvalue weighted by Crippen LogP contribution is -2.44. The van der Waals surface area contributed by atoms with E-state index in [1.807, 2.05) is 0 Å². The zero-order valence-corrected chi connectivity index (χ0v) is 8.44. The molecule has 11 heteroatoms. The predicted octanol–water partition coefficient (Wildman–Crippen LogP) is -2.30. The van der Waals surface area contributed by atoms with Crippen LogP contribution in [0.5, 0.6) is 5.75 Å². The van der Waals surface area contributed by atoms with Gasteiger partial charge in [0.1, 0.15) is 0 Å². The van der Waals surface area contributed by atoms with Crippen molar-refractivity contribution in [2.24, 2.45) is 23.2 Å². The molecule has 0 spiro atoms. The van der Waals surface area contributed by atoms with Gasteiger partial charge in [-0.3, -0.25) is 0 Å². The lowest BCUT2D eigenvalue weighted by atomic mass is 10.5. The van der Waals surface area contributed by atoms with Gasteiger partial charge >= 0.3 is 12.1 Å². The Bertz CT molecular complexity index is 463. The van der Waals surface area contributed by atoms with Crippen LogP contribution in [-0.2, 0) is 0 Å². The van der Waals surface area contributed by atoms with E-state index in [4.69, 9.17) is 23.2 Å². The van der Waals surface area contributed by atoms with Crippen LogP contribution >= 0.6 is 0 Å². The molecule has 0 fully saturated rings. The smallest absolute Gasteiger partial charge is 0.336 e. The Morgan fingerprint density at radius 2 is 1.71 bits per heavy atom. The van der Waals surface area contributed by atoms with Gasteiger partial charge in [-0.2, -0.15) is 9.99 Å². The molecule has 0 saturated heterocycles. The van der Waals surface area contributed by atoms with Crippen molar-refractivity contribution in [2.75, 3.05) is 10.0 Å². The summed E-state index contributed by atoms with van der Waals surface area (Å²) in [4.78, 5) is 28.6. The van der Waals surface area contributed by atoms with Crippen LogP contribution in [0.15, 0.2) is 6.20 Å². The molecule has 0 aliphatic carbocycles. The molecule has 4 amide bonds. The Morgan fingerprint density at radius 1 is 1.18 bits per heavy atom. The zero-order valence-electron chi connectivity index (χ0n) is 8.44. The summed E-state index contributed by atoms with van der Waals surface area (Å²) in [6.07, 6.45) is 0.878. The number of nitrogens with zero attached hydrogens (tertiary/aromatic N) is 4. The molecule has 17 heavy (non-hydrogen) atoms. The minimum atomic E-state index is -1.08. The third-order valence-electron chi connectivity index (χ3n) is 1.66. The summed E-state index contributed by atoms with van der Waals surface area (Å²) in [5.41, 5.74) is 9.75. The second-order valence-corrected chi connectivity index (χ2v) is 2.80. The first-order valence-electron chi connectivity index (χ1n) is 4.09. The lowest BCUT2D eigenvalue weighted by molar-refractivity contribution is 0.253. The number of carbonyl (C=O) groups excluding carboxylic acids is 2.